The first-order valence-corrected chi connectivity index (χ1v) is 8.30. The van der Waals surface area contributed by atoms with Crippen molar-refractivity contribution in [3.05, 3.63) is 77.8 Å². The Balaban J connectivity index is 1.69. The van der Waals surface area contributed by atoms with E-state index in [0.29, 0.717) is 11.3 Å². The number of carbonyl (C=O) groups is 2. The van der Waals surface area contributed by atoms with Gasteiger partial charge in [-0.05, 0) is 31.2 Å². The van der Waals surface area contributed by atoms with Crippen molar-refractivity contribution in [2.45, 2.75) is 6.92 Å². The molecular weight excluding hydrogens is 365 g/mol. The molecule has 0 aliphatic heterocycles. The Bertz CT molecular complexity index is 1200. The zero-order valence-corrected chi connectivity index (χ0v) is 14.6. The number of nitrogens with zero attached hydrogens (tertiary/aromatic N) is 3. The number of anilines is 2. The summed E-state index contributed by atoms with van der Waals surface area (Å²) in [6.07, 6.45) is 1.59. The van der Waals surface area contributed by atoms with E-state index >= 15 is 0 Å². The Morgan fingerprint density at radius 3 is 2.61 bits per heavy atom. The van der Waals surface area contributed by atoms with Crippen LogP contribution in [0, 0.1) is 12.7 Å². The van der Waals surface area contributed by atoms with E-state index in [0.717, 1.165) is 0 Å². The first-order valence-electron chi connectivity index (χ1n) is 8.30. The number of amides is 2. The fraction of sp³-hybridized carbons (Fsp3) is 0.0526. The molecule has 0 bridgehead atoms. The van der Waals surface area contributed by atoms with Gasteiger partial charge in [0.15, 0.2) is 11.5 Å². The molecule has 0 saturated carbocycles. The van der Waals surface area contributed by atoms with Crippen molar-refractivity contribution in [2.24, 2.45) is 0 Å². The Morgan fingerprint density at radius 2 is 1.86 bits per heavy atom. The largest absolute Gasteiger partial charge is 0.360 e. The lowest BCUT2D eigenvalue weighted by Crippen LogP contribution is -2.17. The average molecular weight is 379 g/mol. The van der Waals surface area contributed by atoms with Crippen LogP contribution in [0.1, 0.15) is 26.9 Å². The standard InChI is InChI=1S/C19H14FN5O3/c1-11-10-15(24-28-11)22-18(26)16-14-8-4-5-9-25(14)17(23-16)19(27)21-13-7-3-2-6-12(13)20/h2-10H,1H3,(H,21,27)(H,22,24,26). The monoisotopic (exact) mass is 379 g/mol. The SMILES string of the molecule is Cc1cc(NC(=O)c2nc(C(=O)Nc3ccccc3F)n3ccccc23)no1. The predicted octanol–water partition coefficient (Wildman–Crippen LogP) is 3.27. The number of hydrogen-bond acceptors (Lipinski definition) is 5. The first kappa shape index (κ1) is 17.4. The summed E-state index contributed by atoms with van der Waals surface area (Å²) in [6, 6.07) is 12.4. The number of aryl methyl sites for hydroxylation is 1. The number of halogens is 1. The minimum absolute atomic E-state index is 0.0178. The minimum atomic E-state index is -0.650. The summed E-state index contributed by atoms with van der Waals surface area (Å²) in [5.74, 6) is -1.06. The highest BCUT2D eigenvalue weighted by molar-refractivity contribution is 6.10. The molecule has 9 heteroatoms. The maximum absolute atomic E-state index is 13.8. The van der Waals surface area contributed by atoms with Gasteiger partial charge in [-0.3, -0.25) is 14.0 Å². The zero-order chi connectivity index (χ0) is 19.7. The zero-order valence-electron chi connectivity index (χ0n) is 14.6. The third-order valence-electron chi connectivity index (χ3n) is 3.96. The van der Waals surface area contributed by atoms with Crippen molar-refractivity contribution in [2.75, 3.05) is 10.6 Å². The van der Waals surface area contributed by atoms with E-state index in [9.17, 15) is 14.0 Å². The van der Waals surface area contributed by atoms with Crippen LogP contribution in [0.3, 0.4) is 0 Å². The lowest BCUT2D eigenvalue weighted by molar-refractivity contribution is 0.101. The van der Waals surface area contributed by atoms with E-state index in [1.807, 2.05) is 0 Å². The van der Waals surface area contributed by atoms with Crippen LogP contribution in [0.5, 0.6) is 0 Å². The van der Waals surface area contributed by atoms with Crippen LogP contribution in [0.2, 0.25) is 0 Å². The van der Waals surface area contributed by atoms with E-state index in [4.69, 9.17) is 4.52 Å². The van der Waals surface area contributed by atoms with E-state index in [2.05, 4.69) is 20.8 Å². The second-order valence-corrected chi connectivity index (χ2v) is 5.95. The Kier molecular flexibility index (Phi) is 4.32. The summed E-state index contributed by atoms with van der Waals surface area (Å²) in [5.41, 5.74) is 0.461. The molecule has 140 valence electrons. The van der Waals surface area contributed by atoms with E-state index in [1.165, 1.54) is 22.6 Å². The lowest BCUT2D eigenvalue weighted by atomic mass is 10.3. The van der Waals surface area contributed by atoms with Crippen LogP contribution in [0.25, 0.3) is 5.52 Å². The second kappa shape index (κ2) is 6.95. The lowest BCUT2D eigenvalue weighted by Gasteiger charge is -2.05. The van der Waals surface area contributed by atoms with Gasteiger partial charge < -0.3 is 15.2 Å². The Labute approximate surface area is 158 Å². The third-order valence-corrected chi connectivity index (χ3v) is 3.96. The van der Waals surface area contributed by atoms with E-state index in [-0.39, 0.29) is 23.0 Å². The molecular formula is C19H14FN5O3. The molecule has 28 heavy (non-hydrogen) atoms. The molecule has 4 rings (SSSR count). The predicted molar refractivity (Wildman–Crippen MR) is 98.7 cm³/mol. The molecule has 2 amide bonds. The number of fused-ring (bicyclic) bond motifs is 1. The van der Waals surface area contributed by atoms with Gasteiger partial charge in [-0.25, -0.2) is 9.37 Å². The van der Waals surface area contributed by atoms with Crippen LogP contribution in [-0.4, -0.2) is 26.4 Å². The molecule has 0 radical (unpaired) electrons. The van der Waals surface area contributed by atoms with Gasteiger partial charge in [-0.1, -0.05) is 23.4 Å². The topological polar surface area (TPSA) is 102 Å². The van der Waals surface area contributed by atoms with Gasteiger partial charge in [-0.15, -0.1) is 0 Å². The van der Waals surface area contributed by atoms with Gasteiger partial charge in [0.05, 0.1) is 11.2 Å². The maximum Gasteiger partial charge on any atom is 0.292 e. The number of nitrogens with one attached hydrogen (secondary N) is 2. The van der Waals surface area contributed by atoms with E-state index in [1.54, 1.807) is 43.5 Å². The fourth-order valence-corrected chi connectivity index (χ4v) is 2.71. The number of rotatable bonds is 4. The van der Waals surface area contributed by atoms with Crippen LogP contribution in [-0.2, 0) is 0 Å². The molecule has 0 saturated heterocycles. The molecule has 3 heterocycles. The number of hydrogen-bond donors (Lipinski definition) is 2. The van der Waals surface area contributed by atoms with Crippen molar-refractivity contribution in [3.8, 4) is 0 Å². The minimum Gasteiger partial charge on any atom is -0.360 e. The summed E-state index contributed by atoms with van der Waals surface area (Å²) in [4.78, 5) is 29.5. The average Bonchev–Trinajstić information content (AvgIpc) is 3.27. The number of pyridine rings is 1. The van der Waals surface area contributed by atoms with Gasteiger partial charge >= 0.3 is 0 Å². The van der Waals surface area contributed by atoms with Crippen molar-refractivity contribution in [1.29, 1.82) is 0 Å². The highest BCUT2D eigenvalue weighted by atomic mass is 19.1. The molecule has 0 unspecified atom stereocenters. The van der Waals surface area contributed by atoms with Gasteiger partial charge in [-0.2, -0.15) is 0 Å². The Morgan fingerprint density at radius 1 is 1.07 bits per heavy atom. The summed E-state index contributed by atoms with van der Waals surface area (Å²) < 4.78 is 20.2. The molecule has 4 aromatic rings. The van der Waals surface area contributed by atoms with Crippen molar-refractivity contribution in [3.63, 3.8) is 0 Å². The number of aromatic nitrogens is 3. The highest BCUT2D eigenvalue weighted by Gasteiger charge is 2.22. The van der Waals surface area contributed by atoms with Gasteiger partial charge in [0.2, 0.25) is 5.82 Å². The number of para-hydroxylation sites is 1. The normalized spacial score (nSPS) is 10.8. The van der Waals surface area contributed by atoms with Crippen molar-refractivity contribution < 1.29 is 18.5 Å². The van der Waals surface area contributed by atoms with Crippen molar-refractivity contribution in [1.82, 2.24) is 14.5 Å². The fourth-order valence-electron chi connectivity index (χ4n) is 2.71. The third kappa shape index (κ3) is 3.20. The Hall–Kier alpha value is -4.01. The summed E-state index contributed by atoms with van der Waals surface area (Å²) in [7, 11) is 0. The van der Waals surface area contributed by atoms with E-state index < -0.39 is 17.6 Å². The quantitative estimate of drug-likeness (QED) is 0.567. The molecule has 0 aliphatic rings. The molecule has 0 aliphatic carbocycles. The molecule has 0 spiro atoms. The van der Waals surface area contributed by atoms with Crippen LogP contribution >= 0.6 is 0 Å². The first-order chi connectivity index (χ1) is 13.5. The molecule has 3 aromatic heterocycles. The number of carbonyl (C=O) groups excluding carboxylic acids is 2. The summed E-state index contributed by atoms with van der Waals surface area (Å²) >= 11 is 0. The number of imidazole rings is 1. The summed E-state index contributed by atoms with van der Waals surface area (Å²) in [6.45, 7) is 1.69. The molecule has 0 atom stereocenters. The maximum atomic E-state index is 13.8. The summed E-state index contributed by atoms with van der Waals surface area (Å²) in [5, 5.41) is 8.74. The second-order valence-electron chi connectivity index (χ2n) is 5.95. The smallest absolute Gasteiger partial charge is 0.292 e. The molecule has 0 fully saturated rings. The number of benzene rings is 1. The van der Waals surface area contributed by atoms with Gasteiger partial charge in [0, 0.05) is 12.3 Å². The molecule has 8 nitrogen and oxygen atoms in total. The van der Waals surface area contributed by atoms with Crippen LogP contribution < -0.4 is 10.6 Å². The van der Waals surface area contributed by atoms with Crippen molar-refractivity contribution >= 4 is 28.8 Å². The molecule has 1 aromatic carbocycles. The van der Waals surface area contributed by atoms with Gasteiger partial charge in [0.25, 0.3) is 11.8 Å². The highest BCUT2D eigenvalue weighted by Crippen LogP contribution is 2.18. The van der Waals surface area contributed by atoms with Gasteiger partial charge in [0.1, 0.15) is 11.6 Å². The van der Waals surface area contributed by atoms with Crippen LogP contribution in [0.4, 0.5) is 15.9 Å². The van der Waals surface area contributed by atoms with Crippen LogP contribution in [0.15, 0.2) is 59.3 Å². The molecule has 2 N–H and O–H groups in total.